The zero-order valence-electron chi connectivity index (χ0n) is 11.8. The third-order valence-corrected chi connectivity index (χ3v) is 2.36. The molecule has 0 aromatic carbocycles. The number of carbonyl (C=O) groups is 1. The zero-order chi connectivity index (χ0) is 14.4. The van der Waals surface area contributed by atoms with Gasteiger partial charge in [0.25, 0.3) is 0 Å². The lowest BCUT2D eigenvalue weighted by molar-refractivity contribution is -0.116. The van der Waals surface area contributed by atoms with Crippen molar-refractivity contribution in [3.05, 3.63) is 0 Å². The Morgan fingerprint density at radius 1 is 1.21 bits per heavy atom. The van der Waals surface area contributed by atoms with E-state index in [1.165, 1.54) is 0 Å². The number of primary amides is 1. The molecular formula is C11H21N7O. The van der Waals surface area contributed by atoms with Gasteiger partial charge in [-0.25, -0.2) is 0 Å². The number of aromatic nitrogens is 3. The van der Waals surface area contributed by atoms with Crippen molar-refractivity contribution in [3.63, 3.8) is 0 Å². The summed E-state index contributed by atoms with van der Waals surface area (Å²) in [5.41, 5.74) is 5.22. The Bertz CT molecular complexity index is 435. The number of nitrogens with one attached hydrogen (secondary N) is 1. The lowest BCUT2D eigenvalue weighted by Gasteiger charge is -2.21. The summed E-state index contributed by atoms with van der Waals surface area (Å²) in [4.78, 5) is 27.4. The monoisotopic (exact) mass is 267 g/mol. The van der Waals surface area contributed by atoms with Gasteiger partial charge in [-0.2, -0.15) is 15.0 Å². The summed E-state index contributed by atoms with van der Waals surface area (Å²) in [6, 6.07) is 0. The number of nitrogens with two attached hydrogens (primary N) is 1. The Balaban J connectivity index is 3.12. The van der Waals surface area contributed by atoms with E-state index in [9.17, 15) is 4.79 Å². The molecule has 0 unspecified atom stereocenters. The topological polar surface area (TPSA) is 100 Å². The average molecular weight is 267 g/mol. The minimum absolute atomic E-state index is 0.0823. The van der Waals surface area contributed by atoms with Crippen LogP contribution in [0.25, 0.3) is 0 Å². The van der Waals surface area contributed by atoms with Gasteiger partial charge in [-0.3, -0.25) is 4.79 Å². The first-order valence-corrected chi connectivity index (χ1v) is 6.18. The van der Waals surface area contributed by atoms with Crippen LogP contribution in [0.2, 0.25) is 0 Å². The Morgan fingerprint density at radius 3 is 2.32 bits per heavy atom. The van der Waals surface area contributed by atoms with E-state index < -0.39 is 5.91 Å². The minimum atomic E-state index is -0.418. The van der Waals surface area contributed by atoms with Gasteiger partial charge in [0.1, 0.15) is 0 Å². The summed E-state index contributed by atoms with van der Waals surface area (Å²) in [5, 5.41) is 3.04. The molecule has 0 atom stereocenters. The standard InChI is InChI=1S/C11H21N7O/c1-5-13-9-14-10(17(3)4)16-11(15-9)18(6-2)7-8(12)19/h5-7H2,1-4H3,(H2,12,19)(H,13,14,15,16). The molecule has 1 rings (SSSR count). The van der Waals surface area contributed by atoms with E-state index in [4.69, 9.17) is 5.73 Å². The van der Waals surface area contributed by atoms with E-state index in [1.54, 1.807) is 9.80 Å². The number of anilines is 3. The molecule has 0 saturated heterocycles. The molecule has 0 aliphatic carbocycles. The highest BCUT2D eigenvalue weighted by atomic mass is 16.1. The maximum absolute atomic E-state index is 11.1. The van der Waals surface area contributed by atoms with Crippen molar-refractivity contribution < 1.29 is 4.79 Å². The second kappa shape index (κ2) is 6.72. The molecule has 19 heavy (non-hydrogen) atoms. The molecule has 0 saturated carbocycles. The van der Waals surface area contributed by atoms with E-state index in [0.29, 0.717) is 30.9 Å². The van der Waals surface area contributed by atoms with Crippen molar-refractivity contribution in [1.82, 2.24) is 15.0 Å². The second-order valence-electron chi connectivity index (χ2n) is 4.16. The molecule has 0 fully saturated rings. The molecule has 106 valence electrons. The molecule has 8 nitrogen and oxygen atoms in total. The van der Waals surface area contributed by atoms with Crippen LogP contribution in [0.15, 0.2) is 0 Å². The molecule has 0 aliphatic heterocycles. The first-order chi connectivity index (χ1) is 8.97. The zero-order valence-corrected chi connectivity index (χ0v) is 11.8. The molecule has 0 bridgehead atoms. The molecule has 1 aromatic heterocycles. The Labute approximate surface area is 113 Å². The van der Waals surface area contributed by atoms with Gasteiger partial charge in [0.05, 0.1) is 6.54 Å². The predicted octanol–water partition coefficient (Wildman–Crippen LogP) is -0.319. The number of hydrogen-bond donors (Lipinski definition) is 2. The van der Waals surface area contributed by atoms with E-state index >= 15 is 0 Å². The number of rotatable bonds is 7. The summed E-state index contributed by atoms with van der Waals surface area (Å²) < 4.78 is 0. The van der Waals surface area contributed by atoms with E-state index in [-0.39, 0.29) is 6.54 Å². The van der Waals surface area contributed by atoms with Crippen molar-refractivity contribution in [2.45, 2.75) is 13.8 Å². The van der Waals surface area contributed by atoms with Crippen LogP contribution >= 0.6 is 0 Å². The number of nitrogens with zero attached hydrogens (tertiary/aromatic N) is 5. The number of likely N-dealkylation sites (N-methyl/N-ethyl adjacent to an activating group) is 1. The van der Waals surface area contributed by atoms with Gasteiger partial charge in [0.2, 0.25) is 23.8 Å². The maximum atomic E-state index is 11.1. The molecule has 8 heteroatoms. The third kappa shape index (κ3) is 4.23. The summed E-state index contributed by atoms with van der Waals surface area (Å²) in [7, 11) is 3.69. The summed E-state index contributed by atoms with van der Waals surface area (Å²) >= 11 is 0. The number of amides is 1. The fourth-order valence-corrected chi connectivity index (χ4v) is 1.44. The Hall–Kier alpha value is -2.12. The van der Waals surface area contributed by atoms with Gasteiger partial charge in [0.15, 0.2) is 0 Å². The quantitative estimate of drug-likeness (QED) is 0.698. The van der Waals surface area contributed by atoms with E-state index in [1.807, 2.05) is 27.9 Å². The second-order valence-corrected chi connectivity index (χ2v) is 4.16. The fraction of sp³-hybridized carbons (Fsp3) is 0.636. The van der Waals surface area contributed by atoms with Crippen molar-refractivity contribution >= 4 is 23.8 Å². The highest BCUT2D eigenvalue weighted by Crippen LogP contribution is 2.14. The van der Waals surface area contributed by atoms with Crippen molar-refractivity contribution in [2.24, 2.45) is 5.73 Å². The first-order valence-electron chi connectivity index (χ1n) is 6.18. The molecule has 1 amide bonds. The van der Waals surface area contributed by atoms with Crippen LogP contribution in [-0.2, 0) is 4.79 Å². The maximum Gasteiger partial charge on any atom is 0.237 e. The summed E-state index contributed by atoms with van der Waals surface area (Å²) in [6.07, 6.45) is 0. The van der Waals surface area contributed by atoms with Crippen LogP contribution in [0.1, 0.15) is 13.8 Å². The van der Waals surface area contributed by atoms with Crippen LogP contribution in [0, 0.1) is 0 Å². The van der Waals surface area contributed by atoms with Crippen LogP contribution < -0.4 is 20.9 Å². The molecule has 0 aliphatic rings. The fourth-order valence-electron chi connectivity index (χ4n) is 1.44. The lowest BCUT2D eigenvalue weighted by atomic mass is 10.5. The average Bonchev–Trinajstić information content (AvgIpc) is 2.35. The van der Waals surface area contributed by atoms with Crippen LogP contribution in [0.3, 0.4) is 0 Å². The third-order valence-electron chi connectivity index (χ3n) is 2.36. The predicted molar refractivity (Wildman–Crippen MR) is 75.4 cm³/mol. The smallest absolute Gasteiger partial charge is 0.237 e. The Morgan fingerprint density at radius 2 is 1.84 bits per heavy atom. The Kier molecular flexibility index (Phi) is 5.28. The van der Waals surface area contributed by atoms with Gasteiger partial charge >= 0.3 is 0 Å². The molecule has 0 spiro atoms. The van der Waals surface area contributed by atoms with Crippen LogP contribution in [0.4, 0.5) is 17.8 Å². The summed E-state index contributed by atoms with van der Waals surface area (Å²) in [5.74, 6) is 1.04. The summed E-state index contributed by atoms with van der Waals surface area (Å²) in [6.45, 7) is 5.25. The largest absolute Gasteiger partial charge is 0.368 e. The molecule has 1 heterocycles. The van der Waals surface area contributed by atoms with Crippen molar-refractivity contribution in [3.8, 4) is 0 Å². The van der Waals surface area contributed by atoms with E-state index in [2.05, 4.69) is 20.3 Å². The van der Waals surface area contributed by atoms with Crippen LogP contribution in [0.5, 0.6) is 0 Å². The molecule has 1 aromatic rings. The van der Waals surface area contributed by atoms with Gasteiger partial charge in [-0.1, -0.05) is 0 Å². The van der Waals surface area contributed by atoms with Gasteiger partial charge in [-0.05, 0) is 13.8 Å². The number of carbonyl (C=O) groups excluding carboxylic acids is 1. The molecule has 0 radical (unpaired) electrons. The first kappa shape index (κ1) is 14.9. The number of hydrogen-bond acceptors (Lipinski definition) is 7. The highest BCUT2D eigenvalue weighted by Gasteiger charge is 2.14. The highest BCUT2D eigenvalue weighted by molar-refractivity contribution is 5.78. The lowest BCUT2D eigenvalue weighted by Crippen LogP contribution is -2.35. The minimum Gasteiger partial charge on any atom is -0.368 e. The van der Waals surface area contributed by atoms with Gasteiger partial charge in [-0.15, -0.1) is 0 Å². The van der Waals surface area contributed by atoms with Gasteiger partial charge in [0, 0.05) is 27.2 Å². The molecular weight excluding hydrogens is 246 g/mol. The molecule has 3 N–H and O–H groups in total. The van der Waals surface area contributed by atoms with Crippen molar-refractivity contribution in [2.75, 3.05) is 48.8 Å². The van der Waals surface area contributed by atoms with E-state index in [0.717, 1.165) is 0 Å². The van der Waals surface area contributed by atoms with Crippen LogP contribution in [-0.4, -0.2) is 54.6 Å². The SMILES string of the molecule is CCNc1nc(N(C)C)nc(N(CC)CC(N)=O)n1. The normalized spacial score (nSPS) is 10.1. The van der Waals surface area contributed by atoms with Gasteiger partial charge < -0.3 is 20.9 Å². The van der Waals surface area contributed by atoms with Crippen molar-refractivity contribution in [1.29, 1.82) is 0 Å².